The molecule has 1 aromatic heterocycles. The second-order valence-electron chi connectivity index (χ2n) is 9.08. The number of hydrogen-bond donors (Lipinski definition) is 0. The number of aromatic nitrogens is 1. The molecule has 0 N–H and O–H groups in total. The molecule has 5 heteroatoms. The summed E-state index contributed by atoms with van der Waals surface area (Å²) >= 11 is 0. The van der Waals surface area contributed by atoms with Crippen molar-refractivity contribution in [2.45, 2.75) is 39.3 Å². The van der Waals surface area contributed by atoms with Crippen LogP contribution in [0.25, 0.3) is 22.2 Å². The zero-order valence-electron chi connectivity index (χ0n) is 19.6. The summed E-state index contributed by atoms with van der Waals surface area (Å²) in [5, 5.41) is 1.11. The Bertz CT molecular complexity index is 1100. The highest BCUT2D eigenvalue weighted by Crippen LogP contribution is 2.29. The Morgan fingerprint density at radius 2 is 1.91 bits per heavy atom. The fraction of sp³-hybridized carbons (Fsp3) is 0.407. The fourth-order valence-electron chi connectivity index (χ4n) is 4.32. The van der Waals surface area contributed by atoms with Gasteiger partial charge in [0.25, 0.3) is 5.91 Å². The van der Waals surface area contributed by atoms with Gasteiger partial charge in [0.05, 0.1) is 11.2 Å². The van der Waals surface area contributed by atoms with Crippen molar-refractivity contribution in [2.75, 3.05) is 33.8 Å². The van der Waals surface area contributed by atoms with E-state index >= 15 is 0 Å². The number of amides is 1. The summed E-state index contributed by atoms with van der Waals surface area (Å²) in [6.07, 6.45) is 1.43. The lowest BCUT2D eigenvalue weighted by Crippen LogP contribution is -2.42. The van der Waals surface area contributed by atoms with Crippen LogP contribution in [-0.2, 0) is 16.1 Å². The summed E-state index contributed by atoms with van der Waals surface area (Å²) in [4.78, 5) is 22.5. The van der Waals surface area contributed by atoms with Crippen molar-refractivity contribution >= 4 is 16.8 Å². The molecular formula is C27H33N3O2. The first-order chi connectivity index (χ1) is 15.4. The van der Waals surface area contributed by atoms with E-state index in [1.807, 2.05) is 19.0 Å². The van der Waals surface area contributed by atoms with Crippen LogP contribution < -0.4 is 0 Å². The van der Waals surface area contributed by atoms with Gasteiger partial charge in [-0.1, -0.05) is 42.0 Å². The molecule has 2 aromatic carbocycles. The zero-order chi connectivity index (χ0) is 22.7. The van der Waals surface area contributed by atoms with Crippen LogP contribution in [-0.4, -0.2) is 60.6 Å². The lowest BCUT2D eigenvalue weighted by atomic mass is 10.00. The van der Waals surface area contributed by atoms with Gasteiger partial charge in [-0.3, -0.25) is 4.79 Å². The number of aryl methyl sites for hydroxylation is 2. The van der Waals surface area contributed by atoms with E-state index in [0.717, 1.165) is 52.7 Å². The lowest BCUT2D eigenvalue weighted by Gasteiger charge is -2.28. The van der Waals surface area contributed by atoms with Crippen LogP contribution in [0.15, 0.2) is 48.5 Å². The topological polar surface area (TPSA) is 45.7 Å². The number of fused-ring (bicyclic) bond motifs is 1. The molecule has 1 atom stereocenters. The quantitative estimate of drug-likeness (QED) is 0.549. The summed E-state index contributed by atoms with van der Waals surface area (Å²) < 4.78 is 5.74. The van der Waals surface area contributed by atoms with E-state index in [1.165, 1.54) is 5.56 Å². The Morgan fingerprint density at radius 1 is 1.09 bits per heavy atom. The maximum Gasteiger partial charge on any atom is 0.252 e. The largest absolute Gasteiger partial charge is 0.368 e. The molecule has 3 aromatic rings. The van der Waals surface area contributed by atoms with Crippen LogP contribution in [0.5, 0.6) is 0 Å². The smallest absolute Gasteiger partial charge is 0.252 e. The maximum atomic E-state index is 13.3. The molecule has 1 fully saturated rings. The van der Waals surface area contributed by atoms with E-state index in [4.69, 9.17) is 9.72 Å². The molecule has 0 radical (unpaired) electrons. The van der Waals surface area contributed by atoms with Crippen molar-refractivity contribution in [2.24, 2.45) is 0 Å². The predicted molar refractivity (Wildman–Crippen MR) is 130 cm³/mol. The lowest BCUT2D eigenvalue weighted by molar-refractivity contribution is -0.141. The van der Waals surface area contributed by atoms with Gasteiger partial charge in [0.15, 0.2) is 0 Å². The van der Waals surface area contributed by atoms with Gasteiger partial charge >= 0.3 is 0 Å². The van der Waals surface area contributed by atoms with E-state index in [9.17, 15) is 4.79 Å². The molecule has 32 heavy (non-hydrogen) atoms. The highest BCUT2D eigenvalue weighted by atomic mass is 16.5. The third kappa shape index (κ3) is 5.00. The third-order valence-electron chi connectivity index (χ3n) is 6.11. The number of pyridine rings is 1. The predicted octanol–water partition coefficient (Wildman–Crippen LogP) is 4.59. The standard InChI is InChI=1S/C27H33N3O2/c1-19-8-5-10-21(16-19)26-23(17-22-11-6-9-20(2)25(22)28-26)18-30(14-13-29(3)4)27(31)24-12-7-15-32-24/h5-6,8-11,16-17,24H,7,12-15,18H2,1-4H3/t24-/m1/s1. The van der Waals surface area contributed by atoms with Gasteiger partial charge in [0.1, 0.15) is 6.10 Å². The van der Waals surface area contributed by atoms with Crippen LogP contribution >= 0.6 is 0 Å². The Kier molecular flexibility index (Phi) is 6.87. The number of rotatable bonds is 7. The first-order valence-corrected chi connectivity index (χ1v) is 11.4. The average Bonchev–Trinajstić information content (AvgIpc) is 3.31. The molecule has 1 aliphatic heterocycles. The van der Waals surface area contributed by atoms with Gasteiger partial charge < -0.3 is 14.5 Å². The number of para-hydroxylation sites is 1. The van der Waals surface area contributed by atoms with Crippen molar-refractivity contribution in [1.82, 2.24) is 14.8 Å². The molecule has 4 rings (SSSR count). The molecule has 168 valence electrons. The summed E-state index contributed by atoms with van der Waals surface area (Å²) in [5.74, 6) is 0.0869. The molecule has 0 saturated carbocycles. The highest BCUT2D eigenvalue weighted by molar-refractivity contribution is 5.86. The molecule has 1 saturated heterocycles. The van der Waals surface area contributed by atoms with Crippen molar-refractivity contribution in [3.05, 3.63) is 65.2 Å². The van der Waals surface area contributed by atoms with E-state index in [0.29, 0.717) is 19.7 Å². The van der Waals surface area contributed by atoms with Gasteiger partial charge in [-0.25, -0.2) is 4.98 Å². The van der Waals surface area contributed by atoms with Gasteiger partial charge in [0, 0.05) is 37.2 Å². The number of carbonyl (C=O) groups excluding carboxylic acids is 1. The molecule has 0 aliphatic carbocycles. The molecule has 0 bridgehead atoms. The number of carbonyl (C=O) groups is 1. The minimum atomic E-state index is -0.324. The van der Waals surface area contributed by atoms with E-state index in [2.05, 4.69) is 67.3 Å². The van der Waals surface area contributed by atoms with E-state index in [1.54, 1.807) is 0 Å². The van der Waals surface area contributed by atoms with Gasteiger partial charge in [-0.05, 0) is 64.0 Å². The SMILES string of the molecule is Cc1cccc(-c2nc3c(C)cccc3cc2CN(CCN(C)C)C(=O)[C@H]2CCCO2)c1. The van der Waals surface area contributed by atoms with Crippen molar-refractivity contribution in [1.29, 1.82) is 0 Å². The van der Waals surface area contributed by atoms with Gasteiger partial charge in [-0.2, -0.15) is 0 Å². The van der Waals surface area contributed by atoms with Gasteiger partial charge in [-0.15, -0.1) is 0 Å². The summed E-state index contributed by atoms with van der Waals surface area (Å²) in [5.41, 5.74) is 6.47. The minimum Gasteiger partial charge on any atom is -0.368 e. The molecule has 2 heterocycles. The maximum absolute atomic E-state index is 13.3. The number of benzene rings is 2. The van der Waals surface area contributed by atoms with Gasteiger partial charge in [0.2, 0.25) is 0 Å². The third-order valence-corrected chi connectivity index (χ3v) is 6.11. The number of hydrogen-bond acceptors (Lipinski definition) is 4. The Hall–Kier alpha value is -2.76. The Labute approximate surface area is 191 Å². The molecule has 1 amide bonds. The highest BCUT2D eigenvalue weighted by Gasteiger charge is 2.29. The normalized spacial score (nSPS) is 16.1. The second-order valence-corrected chi connectivity index (χ2v) is 9.08. The number of nitrogens with zero attached hydrogens (tertiary/aromatic N) is 3. The summed E-state index contributed by atoms with van der Waals surface area (Å²) in [6, 6.07) is 16.9. The first kappa shape index (κ1) is 22.4. The van der Waals surface area contributed by atoms with Crippen LogP contribution in [0, 0.1) is 13.8 Å². The molecular weight excluding hydrogens is 398 g/mol. The fourth-order valence-corrected chi connectivity index (χ4v) is 4.32. The van der Waals surface area contributed by atoms with Crippen LogP contribution in [0.1, 0.15) is 29.5 Å². The van der Waals surface area contributed by atoms with Crippen LogP contribution in [0.3, 0.4) is 0 Å². The number of likely N-dealkylation sites (N-methyl/N-ethyl adjacent to an activating group) is 1. The Balaban J connectivity index is 1.77. The van der Waals surface area contributed by atoms with Crippen LogP contribution in [0.4, 0.5) is 0 Å². The van der Waals surface area contributed by atoms with Crippen LogP contribution in [0.2, 0.25) is 0 Å². The van der Waals surface area contributed by atoms with Crippen molar-refractivity contribution < 1.29 is 9.53 Å². The summed E-state index contributed by atoms with van der Waals surface area (Å²) in [7, 11) is 4.07. The summed E-state index contributed by atoms with van der Waals surface area (Å²) in [6.45, 7) is 6.85. The van der Waals surface area contributed by atoms with Crippen molar-refractivity contribution in [3.8, 4) is 11.3 Å². The van der Waals surface area contributed by atoms with E-state index < -0.39 is 0 Å². The van der Waals surface area contributed by atoms with E-state index in [-0.39, 0.29) is 12.0 Å². The molecule has 0 spiro atoms. The Morgan fingerprint density at radius 3 is 2.62 bits per heavy atom. The second kappa shape index (κ2) is 9.80. The number of ether oxygens (including phenoxy) is 1. The molecule has 0 unspecified atom stereocenters. The monoisotopic (exact) mass is 431 g/mol. The minimum absolute atomic E-state index is 0.0869. The first-order valence-electron chi connectivity index (χ1n) is 11.4. The molecule has 1 aliphatic rings. The zero-order valence-corrected chi connectivity index (χ0v) is 19.6. The van der Waals surface area contributed by atoms with Crippen molar-refractivity contribution in [3.63, 3.8) is 0 Å². The average molecular weight is 432 g/mol. The molecule has 5 nitrogen and oxygen atoms in total.